The molecule has 2 aromatic heterocycles. The minimum atomic E-state index is -0.320. The molecule has 0 aromatic carbocycles. The third kappa shape index (κ3) is 1.77. The van der Waals surface area contributed by atoms with Gasteiger partial charge >= 0.3 is 5.69 Å². The van der Waals surface area contributed by atoms with E-state index in [9.17, 15) is 4.91 Å². The third-order valence-corrected chi connectivity index (χ3v) is 1.91. The highest BCUT2D eigenvalue weighted by Crippen LogP contribution is 2.21. The molecule has 76 valence electrons. The van der Waals surface area contributed by atoms with Gasteiger partial charge in [0.1, 0.15) is 6.20 Å². The second kappa shape index (κ2) is 3.62. The Hall–Kier alpha value is -2.02. The Balaban J connectivity index is 2.48. The molecule has 8 heteroatoms. The van der Waals surface area contributed by atoms with Crippen molar-refractivity contribution in [2.75, 3.05) is 0 Å². The molecular formula is C7H5ClN5O2+. The van der Waals surface area contributed by atoms with Crippen LogP contribution in [0.15, 0.2) is 24.7 Å². The van der Waals surface area contributed by atoms with Crippen LogP contribution >= 0.6 is 11.6 Å². The van der Waals surface area contributed by atoms with Gasteiger partial charge in [-0.05, 0) is 0 Å². The Morgan fingerprint density at radius 3 is 2.60 bits per heavy atom. The van der Waals surface area contributed by atoms with Crippen molar-refractivity contribution in [1.29, 1.82) is 0 Å². The Bertz CT molecular complexity index is 498. The van der Waals surface area contributed by atoms with Gasteiger partial charge in [-0.2, -0.15) is 10.2 Å². The second-order valence-corrected chi connectivity index (χ2v) is 3.00. The molecule has 0 aliphatic rings. The summed E-state index contributed by atoms with van der Waals surface area (Å²) in [5.74, 6) is 0.285. The van der Waals surface area contributed by atoms with Crippen molar-refractivity contribution in [3.8, 4) is 5.82 Å². The normalized spacial score (nSPS) is 10.2. The molecule has 0 radical (unpaired) electrons. The topological polar surface area (TPSA) is 83.9 Å². The van der Waals surface area contributed by atoms with Gasteiger partial charge in [-0.3, -0.25) is 0 Å². The molecule has 0 atom stereocenters. The van der Waals surface area contributed by atoms with E-state index >= 15 is 0 Å². The summed E-state index contributed by atoms with van der Waals surface area (Å²) in [7, 11) is 0. The standard InChI is InChI=1S/C7H5ClN5O2/c8-6-3-5(13(14)15)4-9-7(6)12-10-1-2-11-12/h1-4H,(H,14,15)/q+1. The third-order valence-electron chi connectivity index (χ3n) is 1.64. The predicted molar refractivity (Wildman–Crippen MR) is 49.2 cm³/mol. The first-order valence-corrected chi connectivity index (χ1v) is 4.24. The molecule has 0 saturated carbocycles. The SMILES string of the molecule is O=[N+](O)c1cnc(-n2nccn2)c(Cl)c1. The van der Waals surface area contributed by atoms with Crippen LogP contribution in [0.1, 0.15) is 0 Å². The summed E-state index contributed by atoms with van der Waals surface area (Å²) in [6.07, 6.45) is 4.10. The van der Waals surface area contributed by atoms with Crippen LogP contribution in [0.25, 0.3) is 5.82 Å². The Morgan fingerprint density at radius 1 is 1.40 bits per heavy atom. The first-order chi connectivity index (χ1) is 7.18. The minimum Gasteiger partial charge on any atom is -0.241 e. The summed E-state index contributed by atoms with van der Waals surface area (Å²) in [6.45, 7) is 0. The van der Waals surface area contributed by atoms with Gasteiger partial charge in [0.25, 0.3) is 4.92 Å². The highest BCUT2D eigenvalue weighted by atomic mass is 35.5. The molecule has 0 saturated heterocycles. The van der Waals surface area contributed by atoms with E-state index in [1.165, 1.54) is 23.3 Å². The molecule has 0 unspecified atom stereocenters. The molecule has 1 N–H and O–H groups in total. The van der Waals surface area contributed by atoms with Crippen molar-refractivity contribution < 1.29 is 10.1 Å². The van der Waals surface area contributed by atoms with Crippen LogP contribution in [0.3, 0.4) is 0 Å². The van der Waals surface area contributed by atoms with Crippen molar-refractivity contribution in [2.24, 2.45) is 0 Å². The zero-order valence-corrected chi connectivity index (χ0v) is 8.03. The van der Waals surface area contributed by atoms with Gasteiger partial charge < -0.3 is 0 Å². The molecule has 0 aliphatic heterocycles. The van der Waals surface area contributed by atoms with Crippen LogP contribution in [0.2, 0.25) is 5.02 Å². The Kier molecular flexibility index (Phi) is 2.30. The minimum absolute atomic E-state index is 0.0593. The summed E-state index contributed by atoms with van der Waals surface area (Å²) in [5, 5.41) is 16.4. The second-order valence-electron chi connectivity index (χ2n) is 2.59. The molecule has 2 aromatic rings. The average Bonchev–Trinajstić information content (AvgIpc) is 2.70. The van der Waals surface area contributed by atoms with E-state index in [0.29, 0.717) is 0 Å². The van der Waals surface area contributed by atoms with E-state index in [1.54, 1.807) is 0 Å². The highest BCUT2D eigenvalue weighted by Gasteiger charge is 2.16. The van der Waals surface area contributed by atoms with Crippen LogP contribution in [-0.2, 0) is 0 Å². The molecular weight excluding hydrogens is 222 g/mol. The maximum Gasteiger partial charge on any atom is 0.336 e. The number of pyridine rings is 1. The summed E-state index contributed by atoms with van der Waals surface area (Å²) < 4.78 is 0. The molecule has 0 amide bonds. The first-order valence-electron chi connectivity index (χ1n) is 3.87. The summed E-state index contributed by atoms with van der Waals surface area (Å²) >= 11 is 5.82. The number of halogens is 1. The van der Waals surface area contributed by atoms with Crippen LogP contribution in [0.4, 0.5) is 5.69 Å². The number of hydrogen-bond donors (Lipinski definition) is 1. The molecule has 0 bridgehead atoms. The smallest absolute Gasteiger partial charge is 0.241 e. The first kappa shape index (κ1) is 9.53. The van der Waals surface area contributed by atoms with Crippen LogP contribution < -0.4 is 0 Å². The van der Waals surface area contributed by atoms with Crippen molar-refractivity contribution in [3.05, 3.63) is 34.6 Å². The van der Waals surface area contributed by atoms with Crippen molar-refractivity contribution in [3.63, 3.8) is 0 Å². The fraction of sp³-hybridized carbons (Fsp3) is 0. The largest absolute Gasteiger partial charge is 0.336 e. The molecule has 2 heterocycles. The van der Waals surface area contributed by atoms with E-state index in [1.807, 2.05) is 0 Å². The van der Waals surface area contributed by atoms with E-state index in [2.05, 4.69) is 15.2 Å². The van der Waals surface area contributed by atoms with Gasteiger partial charge in [-0.25, -0.2) is 10.2 Å². The lowest BCUT2D eigenvalue weighted by molar-refractivity contribution is -0.729. The van der Waals surface area contributed by atoms with E-state index in [-0.39, 0.29) is 21.5 Å². The quantitative estimate of drug-likeness (QED) is 0.776. The van der Waals surface area contributed by atoms with Crippen LogP contribution in [0, 0.1) is 4.91 Å². The molecule has 7 nitrogen and oxygen atoms in total. The molecule has 0 aliphatic carbocycles. The maximum absolute atomic E-state index is 10.5. The number of rotatable bonds is 2. The molecule has 2 rings (SSSR count). The average molecular weight is 227 g/mol. The highest BCUT2D eigenvalue weighted by molar-refractivity contribution is 6.32. The molecule has 0 fully saturated rings. The fourth-order valence-corrected chi connectivity index (χ4v) is 1.23. The Morgan fingerprint density at radius 2 is 2.07 bits per heavy atom. The maximum atomic E-state index is 10.5. The van der Waals surface area contributed by atoms with Crippen molar-refractivity contribution in [2.45, 2.75) is 0 Å². The van der Waals surface area contributed by atoms with Crippen molar-refractivity contribution in [1.82, 2.24) is 20.0 Å². The zero-order valence-electron chi connectivity index (χ0n) is 7.28. The van der Waals surface area contributed by atoms with Gasteiger partial charge in [0.2, 0.25) is 0 Å². The molecule has 0 spiro atoms. The van der Waals surface area contributed by atoms with Gasteiger partial charge in [-0.1, -0.05) is 11.6 Å². The Labute approximate surface area is 88.5 Å². The predicted octanol–water partition coefficient (Wildman–Crippen LogP) is 1.12. The lowest BCUT2D eigenvalue weighted by Gasteiger charge is -1.98. The number of aromatic nitrogens is 4. The van der Waals surface area contributed by atoms with E-state index < -0.39 is 0 Å². The lowest BCUT2D eigenvalue weighted by Crippen LogP contribution is -2.03. The fourth-order valence-electron chi connectivity index (χ4n) is 0.997. The zero-order chi connectivity index (χ0) is 10.8. The van der Waals surface area contributed by atoms with Gasteiger partial charge in [-0.15, -0.1) is 4.80 Å². The molecule has 15 heavy (non-hydrogen) atoms. The van der Waals surface area contributed by atoms with Gasteiger partial charge in [0.05, 0.1) is 22.3 Å². The van der Waals surface area contributed by atoms with Gasteiger partial charge in [0.15, 0.2) is 5.82 Å². The van der Waals surface area contributed by atoms with Crippen LogP contribution in [-0.4, -0.2) is 30.1 Å². The van der Waals surface area contributed by atoms with E-state index in [0.717, 1.165) is 6.20 Å². The summed E-state index contributed by atoms with van der Waals surface area (Å²) in [4.78, 5) is 15.3. The van der Waals surface area contributed by atoms with Crippen molar-refractivity contribution >= 4 is 17.3 Å². The number of nitrogens with zero attached hydrogens (tertiary/aromatic N) is 5. The monoisotopic (exact) mass is 226 g/mol. The van der Waals surface area contributed by atoms with Crippen LogP contribution in [0.5, 0.6) is 0 Å². The lowest BCUT2D eigenvalue weighted by atomic mass is 10.4. The summed E-state index contributed by atoms with van der Waals surface area (Å²) in [5.41, 5.74) is -0.0593. The van der Waals surface area contributed by atoms with Gasteiger partial charge in [0, 0.05) is 6.07 Å². The van der Waals surface area contributed by atoms with E-state index in [4.69, 9.17) is 16.8 Å². The number of hydrogen-bond acceptors (Lipinski definition) is 4. The summed E-state index contributed by atoms with van der Waals surface area (Å²) in [6, 6.07) is 1.26.